The van der Waals surface area contributed by atoms with E-state index in [4.69, 9.17) is 5.73 Å². The molecule has 1 aliphatic rings. The number of carbonyl (C=O) groups is 2. The molecule has 122 valence electrons. The van der Waals surface area contributed by atoms with E-state index in [0.29, 0.717) is 25.9 Å². The molecule has 1 saturated heterocycles. The summed E-state index contributed by atoms with van der Waals surface area (Å²) >= 11 is 1.67. The van der Waals surface area contributed by atoms with Crippen molar-refractivity contribution in [3.8, 4) is 0 Å². The average molecular weight is 325 g/mol. The topological polar surface area (TPSA) is 95.7 Å². The average Bonchev–Trinajstić information content (AvgIpc) is 2.99. The van der Waals surface area contributed by atoms with E-state index >= 15 is 0 Å². The monoisotopic (exact) mass is 325 g/mol. The maximum absolute atomic E-state index is 12.2. The number of rotatable bonds is 6. The second-order valence-electron chi connectivity index (χ2n) is 5.77. The van der Waals surface area contributed by atoms with Crippen LogP contribution in [0.4, 0.5) is 0 Å². The molecule has 0 aromatic carbocycles. The molecule has 2 rings (SSSR count). The third-order valence-electron chi connectivity index (χ3n) is 4.14. The van der Waals surface area contributed by atoms with Crippen molar-refractivity contribution in [3.05, 3.63) is 22.4 Å². The second-order valence-corrected chi connectivity index (χ2v) is 6.80. The first kappa shape index (κ1) is 16.9. The summed E-state index contributed by atoms with van der Waals surface area (Å²) < 4.78 is 0. The van der Waals surface area contributed by atoms with Gasteiger partial charge >= 0.3 is 0 Å². The number of likely N-dealkylation sites (tertiary alicyclic amines) is 1. The Bertz CT molecular complexity index is 520. The lowest BCUT2D eigenvalue weighted by Gasteiger charge is -2.39. The van der Waals surface area contributed by atoms with Crippen LogP contribution in [-0.4, -0.2) is 53.1 Å². The van der Waals surface area contributed by atoms with Gasteiger partial charge < -0.3 is 16.2 Å². The minimum Gasteiger partial charge on any atom is -0.379 e. The van der Waals surface area contributed by atoms with Gasteiger partial charge in [-0.1, -0.05) is 6.07 Å². The van der Waals surface area contributed by atoms with Gasteiger partial charge in [0.1, 0.15) is 0 Å². The van der Waals surface area contributed by atoms with Gasteiger partial charge in [0.2, 0.25) is 5.91 Å². The highest BCUT2D eigenvalue weighted by Crippen LogP contribution is 2.22. The van der Waals surface area contributed by atoms with Crippen LogP contribution in [-0.2, 0) is 16.0 Å². The first-order valence-electron chi connectivity index (χ1n) is 7.49. The highest BCUT2D eigenvalue weighted by molar-refractivity contribution is 7.09. The van der Waals surface area contributed by atoms with E-state index in [1.165, 1.54) is 4.88 Å². The summed E-state index contributed by atoms with van der Waals surface area (Å²) in [5, 5.41) is 15.1. The maximum atomic E-state index is 12.2. The Morgan fingerprint density at radius 2 is 2.36 bits per heavy atom. The van der Waals surface area contributed by atoms with Crippen molar-refractivity contribution < 1.29 is 14.7 Å². The van der Waals surface area contributed by atoms with Gasteiger partial charge in [0.25, 0.3) is 5.91 Å². The van der Waals surface area contributed by atoms with Crippen LogP contribution in [0.2, 0.25) is 0 Å². The zero-order chi connectivity index (χ0) is 16.2. The quantitative estimate of drug-likeness (QED) is 0.691. The normalized spacial score (nSPS) is 23.9. The summed E-state index contributed by atoms with van der Waals surface area (Å²) in [4.78, 5) is 26.6. The molecular formula is C15H23N3O3S. The molecule has 2 amide bonds. The number of hydrogen-bond donors (Lipinski definition) is 3. The smallest absolute Gasteiger partial charge is 0.250 e. The van der Waals surface area contributed by atoms with E-state index in [-0.39, 0.29) is 12.5 Å². The third kappa shape index (κ3) is 4.06. The fraction of sp³-hybridized carbons (Fsp3) is 0.600. The molecule has 1 aliphatic heterocycles. The Morgan fingerprint density at radius 1 is 1.59 bits per heavy atom. The van der Waals surface area contributed by atoms with Crippen molar-refractivity contribution in [1.29, 1.82) is 0 Å². The molecule has 6 nitrogen and oxygen atoms in total. The molecule has 2 atom stereocenters. The Kier molecular flexibility index (Phi) is 5.55. The fourth-order valence-corrected chi connectivity index (χ4v) is 3.39. The van der Waals surface area contributed by atoms with Crippen molar-refractivity contribution in [3.63, 3.8) is 0 Å². The summed E-state index contributed by atoms with van der Waals surface area (Å²) in [5.41, 5.74) is 3.74. The van der Waals surface area contributed by atoms with Gasteiger partial charge in [-0.3, -0.25) is 14.5 Å². The SMILES string of the molecule is CC(C(=O)NCCc1cccs1)N1CCCC(O)(C(N)=O)C1. The molecule has 0 spiro atoms. The van der Waals surface area contributed by atoms with Crippen molar-refractivity contribution in [2.24, 2.45) is 5.73 Å². The second kappa shape index (κ2) is 7.21. The molecule has 1 fully saturated rings. The van der Waals surface area contributed by atoms with Gasteiger partial charge in [0.05, 0.1) is 6.04 Å². The Morgan fingerprint density at radius 3 is 3.00 bits per heavy atom. The highest BCUT2D eigenvalue weighted by Gasteiger charge is 2.40. The van der Waals surface area contributed by atoms with Crippen molar-refractivity contribution in [1.82, 2.24) is 10.2 Å². The van der Waals surface area contributed by atoms with Crippen molar-refractivity contribution in [2.45, 2.75) is 37.8 Å². The fourth-order valence-electron chi connectivity index (χ4n) is 2.68. The highest BCUT2D eigenvalue weighted by atomic mass is 32.1. The van der Waals surface area contributed by atoms with E-state index in [0.717, 1.165) is 6.42 Å². The molecule has 2 heterocycles. The number of thiophene rings is 1. The number of aliphatic hydroxyl groups is 1. The summed E-state index contributed by atoms with van der Waals surface area (Å²) in [6.45, 7) is 3.15. The van der Waals surface area contributed by atoms with Gasteiger partial charge in [-0.15, -0.1) is 11.3 Å². The summed E-state index contributed by atoms with van der Waals surface area (Å²) in [6.07, 6.45) is 1.80. The minimum atomic E-state index is -1.52. The Labute approximate surface area is 134 Å². The largest absolute Gasteiger partial charge is 0.379 e. The molecular weight excluding hydrogens is 302 g/mol. The molecule has 22 heavy (non-hydrogen) atoms. The Hall–Kier alpha value is -1.44. The number of piperidine rings is 1. The van der Waals surface area contributed by atoms with Crippen LogP contribution in [0.25, 0.3) is 0 Å². The predicted octanol–water partition coefficient (Wildman–Crippen LogP) is 0.107. The summed E-state index contributed by atoms with van der Waals surface area (Å²) in [6, 6.07) is 3.63. The molecule has 2 unspecified atom stereocenters. The standard InChI is InChI=1S/C15H23N3O3S/c1-11(13(19)17-7-5-12-4-2-9-22-12)18-8-3-6-15(21,10-18)14(16)20/h2,4,9,11,21H,3,5-8,10H2,1H3,(H2,16,20)(H,17,19). The van der Waals surface area contributed by atoms with Crippen molar-refractivity contribution >= 4 is 23.2 Å². The number of nitrogens with two attached hydrogens (primary N) is 1. The van der Waals surface area contributed by atoms with Gasteiger partial charge in [-0.05, 0) is 44.2 Å². The van der Waals surface area contributed by atoms with E-state index in [2.05, 4.69) is 5.32 Å². The number of nitrogens with zero attached hydrogens (tertiary/aromatic N) is 1. The van der Waals surface area contributed by atoms with Crippen LogP contribution in [0.5, 0.6) is 0 Å². The van der Waals surface area contributed by atoms with Crippen LogP contribution in [0, 0.1) is 0 Å². The first-order valence-corrected chi connectivity index (χ1v) is 8.37. The number of β-amino-alcohol motifs (C(OH)–C–C–N with tert-alkyl or cyclic N) is 1. The molecule has 1 aromatic heterocycles. The molecule has 4 N–H and O–H groups in total. The van der Waals surface area contributed by atoms with Crippen LogP contribution < -0.4 is 11.1 Å². The molecule has 0 saturated carbocycles. The number of amides is 2. The van der Waals surface area contributed by atoms with Gasteiger partial charge in [-0.25, -0.2) is 0 Å². The lowest BCUT2D eigenvalue weighted by atomic mass is 9.91. The maximum Gasteiger partial charge on any atom is 0.250 e. The lowest BCUT2D eigenvalue weighted by molar-refractivity contribution is -0.145. The van der Waals surface area contributed by atoms with Crippen LogP contribution in [0.15, 0.2) is 17.5 Å². The van der Waals surface area contributed by atoms with Gasteiger partial charge in [0.15, 0.2) is 5.60 Å². The van der Waals surface area contributed by atoms with E-state index in [9.17, 15) is 14.7 Å². The number of primary amides is 1. The van der Waals surface area contributed by atoms with Gasteiger partial charge in [0, 0.05) is 18.0 Å². The van der Waals surface area contributed by atoms with E-state index in [1.54, 1.807) is 18.3 Å². The third-order valence-corrected chi connectivity index (χ3v) is 5.07. The number of carbonyl (C=O) groups excluding carboxylic acids is 2. The number of hydrogen-bond acceptors (Lipinski definition) is 5. The van der Waals surface area contributed by atoms with E-state index in [1.807, 2.05) is 22.4 Å². The van der Waals surface area contributed by atoms with E-state index < -0.39 is 17.6 Å². The Balaban J connectivity index is 1.83. The summed E-state index contributed by atoms with van der Waals surface area (Å²) in [7, 11) is 0. The predicted molar refractivity (Wildman–Crippen MR) is 85.4 cm³/mol. The van der Waals surface area contributed by atoms with Crippen LogP contribution >= 0.6 is 11.3 Å². The zero-order valence-electron chi connectivity index (χ0n) is 12.7. The lowest BCUT2D eigenvalue weighted by Crippen LogP contribution is -2.59. The molecule has 0 radical (unpaired) electrons. The number of nitrogens with one attached hydrogen (secondary N) is 1. The van der Waals surface area contributed by atoms with Gasteiger partial charge in [-0.2, -0.15) is 0 Å². The van der Waals surface area contributed by atoms with Crippen LogP contribution in [0.1, 0.15) is 24.6 Å². The molecule has 7 heteroatoms. The molecule has 0 bridgehead atoms. The summed E-state index contributed by atoms with van der Waals surface area (Å²) in [5.74, 6) is -0.812. The molecule has 0 aliphatic carbocycles. The molecule has 1 aromatic rings. The first-order chi connectivity index (χ1) is 10.4. The zero-order valence-corrected chi connectivity index (χ0v) is 13.6. The van der Waals surface area contributed by atoms with Crippen molar-refractivity contribution in [2.75, 3.05) is 19.6 Å². The van der Waals surface area contributed by atoms with Crippen LogP contribution in [0.3, 0.4) is 0 Å². The minimum absolute atomic E-state index is 0.0923.